The number of carbonyl (C=O) groups is 1. The summed E-state index contributed by atoms with van der Waals surface area (Å²) in [6.45, 7) is 7.61. The number of fused-ring (bicyclic) bond motifs is 1. The molecule has 204 valence electrons. The van der Waals surface area contributed by atoms with E-state index in [1.165, 1.54) is 5.56 Å². The van der Waals surface area contributed by atoms with Gasteiger partial charge in [0.15, 0.2) is 11.5 Å². The number of hydrogen-bond donors (Lipinski definition) is 2. The van der Waals surface area contributed by atoms with Crippen LogP contribution in [0.3, 0.4) is 0 Å². The molecule has 0 unspecified atom stereocenters. The second kappa shape index (κ2) is 13.7. The smallest absolute Gasteiger partial charge is 0.335 e. The average Bonchev–Trinajstić information content (AvgIpc) is 3.34. The number of carboxylic acids is 1. The molecular weight excluding hydrogens is 490 g/mol. The Labute approximate surface area is 231 Å². The Balaban J connectivity index is 1.30. The molecule has 3 aromatic rings. The lowest BCUT2D eigenvalue weighted by atomic mass is 9.99. The van der Waals surface area contributed by atoms with Crippen LogP contribution < -0.4 is 19.7 Å². The lowest BCUT2D eigenvalue weighted by molar-refractivity contribution is 0.0695. The van der Waals surface area contributed by atoms with E-state index in [2.05, 4.69) is 29.3 Å². The molecule has 39 heavy (non-hydrogen) atoms. The predicted octanol–water partition coefficient (Wildman–Crippen LogP) is 5.25. The summed E-state index contributed by atoms with van der Waals surface area (Å²) in [5.74, 6) is 0.621. The highest BCUT2D eigenvalue weighted by Gasteiger charge is 2.24. The minimum atomic E-state index is -0.889. The highest BCUT2D eigenvalue weighted by atomic mass is 16.5. The number of rotatable bonds is 14. The van der Waals surface area contributed by atoms with Crippen molar-refractivity contribution in [2.45, 2.75) is 45.6 Å². The Hall–Kier alpha value is -4.02. The maximum atomic E-state index is 11.5. The quantitative estimate of drug-likeness (QED) is 0.277. The van der Waals surface area contributed by atoms with Gasteiger partial charge in [0.1, 0.15) is 12.7 Å². The number of aromatic carboxylic acids is 1. The molecule has 0 fully saturated rings. The monoisotopic (exact) mass is 527 g/mol. The van der Waals surface area contributed by atoms with E-state index in [1.54, 1.807) is 12.1 Å². The third-order valence-corrected chi connectivity index (χ3v) is 7.00. The Bertz CT molecular complexity index is 1320. The fraction of sp³-hybridized carbons (Fsp3) is 0.375. The van der Waals surface area contributed by atoms with E-state index in [1.807, 2.05) is 49.4 Å². The summed E-state index contributed by atoms with van der Waals surface area (Å²) in [4.78, 5) is 13.8. The highest BCUT2D eigenvalue weighted by molar-refractivity contribution is 5.89. The molecule has 2 N–H and O–H groups in total. The highest BCUT2D eigenvalue weighted by Crippen LogP contribution is 2.33. The van der Waals surface area contributed by atoms with Gasteiger partial charge in [0.25, 0.3) is 0 Å². The first-order valence-corrected chi connectivity index (χ1v) is 13.7. The Morgan fingerprint density at radius 3 is 2.62 bits per heavy atom. The van der Waals surface area contributed by atoms with Gasteiger partial charge in [0.05, 0.1) is 23.4 Å². The zero-order chi connectivity index (χ0) is 27.6. The Kier molecular flexibility index (Phi) is 9.82. The molecule has 3 aromatic carbocycles. The van der Waals surface area contributed by atoms with Crippen LogP contribution in [0.1, 0.15) is 52.9 Å². The minimum absolute atomic E-state index is 0.229. The van der Waals surface area contributed by atoms with Crippen LogP contribution in [-0.4, -0.2) is 50.0 Å². The molecule has 7 heteroatoms. The number of aryl methyl sites for hydroxylation is 1. The molecule has 1 aliphatic heterocycles. The summed E-state index contributed by atoms with van der Waals surface area (Å²) in [6.07, 6.45) is 3.26. The molecule has 1 aliphatic rings. The summed E-state index contributed by atoms with van der Waals surface area (Å²) in [5.41, 5.74) is 5.35. The van der Waals surface area contributed by atoms with Gasteiger partial charge in [-0.1, -0.05) is 36.4 Å². The van der Waals surface area contributed by atoms with Crippen LogP contribution in [0.5, 0.6) is 11.5 Å². The van der Waals surface area contributed by atoms with E-state index in [-0.39, 0.29) is 6.04 Å². The van der Waals surface area contributed by atoms with Crippen LogP contribution in [-0.2, 0) is 19.3 Å². The molecule has 0 aliphatic carbocycles. The van der Waals surface area contributed by atoms with Crippen molar-refractivity contribution in [2.24, 2.45) is 0 Å². The van der Waals surface area contributed by atoms with Crippen LogP contribution in [0.4, 0.5) is 5.69 Å². The first kappa shape index (κ1) is 28.0. The van der Waals surface area contributed by atoms with Crippen LogP contribution in [0.2, 0.25) is 0 Å². The molecule has 4 rings (SSSR count). The zero-order valence-corrected chi connectivity index (χ0v) is 22.8. The number of hydrogen-bond acceptors (Lipinski definition) is 6. The van der Waals surface area contributed by atoms with Crippen molar-refractivity contribution in [3.05, 3.63) is 88.5 Å². The topological polar surface area (TPSA) is 94.8 Å². The molecule has 0 amide bonds. The normalized spacial score (nSPS) is 13.0. The van der Waals surface area contributed by atoms with Crippen LogP contribution in [0.25, 0.3) is 0 Å². The number of ether oxygens (including phenoxy) is 2. The number of nitrogens with one attached hydrogen (secondary N) is 1. The maximum Gasteiger partial charge on any atom is 0.335 e. The number of anilines is 1. The lowest BCUT2D eigenvalue weighted by Gasteiger charge is -2.21. The minimum Gasteiger partial charge on any atom is -0.490 e. The standard InChI is InChI=1S/C32H37N3O4/c1-3-38-29-12-6-7-13-30(29)39-18-15-34-23(2)19-24-20-26-14-17-35(31(26)27(21-24)22-33)16-8-10-25-9-4-5-11-28(25)32(36)37/h4-7,9,11-13,20-21,23,34H,3,8,10,14-19H2,1-2H3,(H,36,37)/t23-/m1/s1. The first-order valence-electron chi connectivity index (χ1n) is 13.7. The lowest BCUT2D eigenvalue weighted by Crippen LogP contribution is -2.32. The van der Waals surface area contributed by atoms with Crippen LogP contribution in [0, 0.1) is 11.3 Å². The van der Waals surface area contributed by atoms with Crippen molar-refractivity contribution in [1.29, 1.82) is 5.26 Å². The third kappa shape index (κ3) is 7.30. The van der Waals surface area contributed by atoms with Crippen LogP contribution >= 0.6 is 0 Å². The number of nitrogens with zero attached hydrogens (tertiary/aromatic N) is 2. The van der Waals surface area contributed by atoms with Gasteiger partial charge in [0.2, 0.25) is 0 Å². The summed E-state index contributed by atoms with van der Waals surface area (Å²) in [7, 11) is 0. The second-order valence-corrected chi connectivity index (χ2v) is 9.85. The fourth-order valence-corrected chi connectivity index (χ4v) is 5.26. The van der Waals surface area contributed by atoms with Gasteiger partial charge in [0, 0.05) is 25.7 Å². The molecule has 0 radical (unpaired) electrons. The molecule has 7 nitrogen and oxygen atoms in total. The number of carboxylic acid groups (broad SMARTS) is 1. The van der Waals surface area contributed by atoms with Gasteiger partial charge in [-0.2, -0.15) is 5.26 Å². The zero-order valence-electron chi connectivity index (χ0n) is 22.8. The third-order valence-electron chi connectivity index (χ3n) is 7.00. The largest absolute Gasteiger partial charge is 0.490 e. The van der Waals surface area contributed by atoms with Gasteiger partial charge in [-0.05, 0) is 80.5 Å². The van der Waals surface area contributed by atoms with E-state index < -0.39 is 5.97 Å². The van der Waals surface area contributed by atoms with Crippen molar-refractivity contribution in [2.75, 3.05) is 37.7 Å². The molecule has 0 saturated carbocycles. The molecular formula is C32H37N3O4. The molecule has 1 atom stereocenters. The molecule has 0 aromatic heterocycles. The molecule has 0 bridgehead atoms. The molecule has 0 spiro atoms. The SMILES string of the molecule is CCOc1ccccc1OCCN[C@H](C)Cc1cc(C#N)c2c(c1)CCN2CCCc1ccccc1C(=O)O. The van der Waals surface area contributed by atoms with Gasteiger partial charge in [-0.15, -0.1) is 0 Å². The summed E-state index contributed by atoms with van der Waals surface area (Å²) in [5, 5.41) is 22.9. The van der Waals surface area contributed by atoms with E-state index >= 15 is 0 Å². The van der Waals surface area contributed by atoms with Crippen molar-refractivity contribution < 1.29 is 19.4 Å². The van der Waals surface area contributed by atoms with E-state index in [0.29, 0.717) is 37.3 Å². The average molecular weight is 528 g/mol. The maximum absolute atomic E-state index is 11.5. The molecule has 0 saturated heterocycles. The second-order valence-electron chi connectivity index (χ2n) is 9.85. The van der Waals surface area contributed by atoms with Crippen molar-refractivity contribution in [1.82, 2.24) is 5.32 Å². The summed E-state index contributed by atoms with van der Waals surface area (Å²) < 4.78 is 11.5. The van der Waals surface area contributed by atoms with Gasteiger partial charge < -0.3 is 24.8 Å². The van der Waals surface area contributed by atoms with Crippen LogP contribution in [0.15, 0.2) is 60.7 Å². The van der Waals surface area contributed by atoms with Gasteiger partial charge in [-0.3, -0.25) is 0 Å². The van der Waals surface area contributed by atoms with E-state index in [4.69, 9.17) is 9.47 Å². The summed E-state index contributed by atoms with van der Waals surface area (Å²) in [6, 6.07) is 21.8. The van der Waals surface area contributed by atoms with Crippen molar-refractivity contribution in [3.8, 4) is 17.6 Å². The Morgan fingerprint density at radius 2 is 1.87 bits per heavy atom. The van der Waals surface area contributed by atoms with Gasteiger partial charge >= 0.3 is 5.97 Å². The van der Waals surface area contributed by atoms with E-state index in [0.717, 1.165) is 60.7 Å². The van der Waals surface area contributed by atoms with Gasteiger partial charge in [-0.25, -0.2) is 4.79 Å². The Morgan fingerprint density at radius 1 is 1.13 bits per heavy atom. The molecule has 1 heterocycles. The summed E-state index contributed by atoms with van der Waals surface area (Å²) >= 11 is 0. The number of nitriles is 1. The number of benzene rings is 3. The fourth-order valence-electron chi connectivity index (χ4n) is 5.26. The van der Waals surface area contributed by atoms with Crippen molar-refractivity contribution >= 4 is 11.7 Å². The predicted molar refractivity (Wildman–Crippen MR) is 153 cm³/mol. The van der Waals surface area contributed by atoms with Crippen molar-refractivity contribution in [3.63, 3.8) is 0 Å². The number of para-hydroxylation sites is 2. The first-order chi connectivity index (χ1) is 19.0. The van der Waals surface area contributed by atoms with E-state index in [9.17, 15) is 15.2 Å².